The van der Waals surface area contributed by atoms with E-state index in [1.165, 1.54) is 11.3 Å². The Bertz CT molecular complexity index is 747. The van der Waals surface area contributed by atoms with E-state index in [4.69, 9.17) is 0 Å². The zero-order chi connectivity index (χ0) is 17.2. The smallest absolute Gasteiger partial charge is 0.273 e. The zero-order valence-electron chi connectivity index (χ0n) is 13.8. The van der Waals surface area contributed by atoms with Crippen LogP contribution in [0.1, 0.15) is 23.3 Å². The fraction of sp³-hybridized carbons (Fsp3) is 0.471. The van der Waals surface area contributed by atoms with Gasteiger partial charge in [0.05, 0.1) is 11.4 Å². The standard InChI is InChI=1S/C17H20N4O2S2/c22-15(18-12-3-4-12)10-20-5-7-21(8-6-20)17(23)13-11-25-16(19-13)14-2-1-9-24-14/h1-2,9,11-12H,3-8,10H2,(H,18,22). The summed E-state index contributed by atoms with van der Waals surface area (Å²) in [6.45, 7) is 3.16. The summed E-state index contributed by atoms with van der Waals surface area (Å²) in [7, 11) is 0. The summed E-state index contributed by atoms with van der Waals surface area (Å²) in [6, 6.07) is 4.41. The molecule has 2 amide bonds. The zero-order valence-corrected chi connectivity index (χ0v) is 15.4. The van der Waals surface area contributed by atoms with Crippen LogP contribution in [0.5, 0.6) is 0 Å². The van der Waals surface area contributed by atoms with Gasteiger partial charge in [0.1, 0.15) is 10.7 Å². The van der Waals surface area contributed by atoms with Gasteiger partial charge in [-0.15, -0.1) is 22.7 Å². The highest BCUT2D eigenvalue weighted by molar-refractivity contribution is 7.20. The van der Waals surface area contributed by atoms with Crippen molar-refractivity contribution >= 4 is 34.5 Å². The van der Waals surface area contributed by atoms with Gasteiger partial charge in [0, 0.05) is 37.6 Å². The van der Waals surface area contributed by atoms with Gasteiger partial charge >= 0.3 is 0 Å². The van der Waals surface area contributed by atoms with Crippen LogP contribution in [0, 0.1) is 0 Å². The first-order valence-corrected chi connectivity index (χ1v) is 10.3. The number of thiazole rings is 1. The molecule has 1 N–H and O–H groups in total. The summed E-state index contributed by atoms with van der Waals surface area (Å²) < 4.78 is 0. The molecule has 0 unspecified atom stereocenters. The highest BCUT2D eigenvalue weighted by atomic mass is 32.1. The number of nitrogens with one attached hydrogen (secondary N) is 1. The molecule has 2 aromatic heterocycles. The monoisotopic (exact) mass is 376 g/mol. The molecular formula is C17H20N4O2S2. The lowest BCUT2D eigenvalue weighted by Gasteiger charge is -2.33. The second-order valence-electron chi connectivity index (χ2n) is 6.43. The maximum atomic E-state index is 12.6. The van der Waals surface area contributed by atoms with Crippen molar-refractivity contribution in [1.29, 1.82) is 0 Å². The number of piperazine rings is 1. The van der Waals surface area contributed by atoms with Crippen molar-refractivity contribution in [3.8, 4) is 9.88 Å². The van der Waals surface area contributed by atoms with Crippen LogP contribution in [0.15, 0.2) is 22.9 Å². The second kappa shape index (κ2) is 7.23. The van der Waals surface area contributed by atoms with Gasteiger partial charge in [0.15, 0.2) is 0 Å². The molecule has 1 aliphatic carbocycles. The van der Waals surface area contributed by atoms with Gasteiger partial charge in [0.2, 0.25) is 5.91 Å². The molecule has 4 rings (SSSR count). The number of carbonyl (C=O) groups is 2. The molecule has 2 fully saturated rings. The Labute approximate surface area is 154 Å². The quantitative estimate of drug-likeness (QED) is 0.866. The number of thiophene rings is 1. The predicted octanol–water partition coefficient (Wildman–Crippen LogP) is 1.91. The summed E-state index contributed by atoms with van der Waals surface area (Å²) in [6.07, 6.45) is 2.21. The number of nitrogens with zero attached hydrogens (tertiary/aromatic N) is 3. The van der Waals surface area contributed by atoms with E-state index in [9.17, 15) is 9.59 Å². The first-order chi connectivity index (χ1) is 12.2. The van der Waals surface area contributed by atoms with Crippen LogP contribution in [0.2, 0.25) is 0 Å². The SMILES string of the molecule is O=C(CN1CCN(C(=O)c2csc(-c3cccs3)n2)CC1)NC1CC1. The maximum Gasteiger partial charge on any atom is 0.273 e. The van der Waals surface area contributed by atoms with Crippen LogP contribution in [0.4, 0.5) is 0 Å². The molecule has 0 spiro atoms. The molecule has 25 heavy (non-hydrogen) atoms. The Balaban J connectivity index is 1.29. The van der Waals surface area contributed by atoms with Gasteiger partial charge in [-0.25, -0.2) is 4.98 Å². The average Bonchev–Trinajstić information content (AvgIpc) is 3.09. The Morgan fingerprint density at radius 1 is 1.20 bits per heavy atom. The van der Waals surface area contributed by atoms with Gasteiger partial charge in [-0.1, -0.05) is 6.07 Å². The van der Waals surface area contributed by atoms with E-state index in [0.717, 1.165) is 35.8 Å². The first kappa shape index (κ1) is 16.7. The molecule has 2 aromatic rings. The first-order valence-electron chi connectivity index (χ1n) is 8.49. The van der Waals surface area contributed by atoms with Crippen LogP contribution in [0.3, 0.4) is 0 Å². The molecule has 1 aliphatic heterocycles. The van der Waals surface area contributed by atoms with Gasteiger partial charge in [-0.3, -0.25) is 14.5 Å². The fourth-order valence-corrected chi connectivity index (χ4v) is 4.47. The largest absolute Gasteiger partial charge is 0.352 e. The van der Waals surface area contributed by atoms with Gasteiger partial charge in [-0.05, 0) is 24.3 Å². The van der Waals surface area contributed by atoms with Gasteiger partial charge < -0.3 is 10.2 Å². The predicted molar refractivity (Wildman–Crippen MR) is 98.9 cm³/mol. The van der Waals surface area contributed by atoms with Crippen LogP contribution in [0.25, 0.3) is 9.88 Å². The van der Waals surface area contributed by atoms with Crippen LogP contribution >= 0.6 is 22.7 Å². The Kier molecular flexibility index (Phi) is 4.82. The summed E-state index contributed by atoms with van der Waals surface area (Å²) in [5.41, 5.74) is 0.522. The number of aromatic nitrogens is 1. The minimum absolute atomic E-state index is 0.0128. The van der Waals surface area contributed by atoms with Crippen molar-refractivity contribution in [2.75, 3.05) is 32.7 Å². The molecule has 1 saturated carbocycles. The molecule has 0 aromatic carbocycles. The normalized spacial score (nSPS) is 18.3. The molecule has 0 bridgehead atoms. The van der Waals surface area contributed by atoms with Crippen molar-refractivity contribution in [2.24, 2.45) is 0 Å². The molecular weight excluding hydrogens is 356 g/mol. The third-order valence-corrected chi connectivity index (χ3v) is 6.31. The Hall–Kier alpha value is -1.77. The van der Waals surface area contributed by atoms with E-state index in [1.807, 2.05) is 27.8 Å². The van der Waals surface area contributed by atoms with Gasteiger partial charge in [0.25, 0.3) is 5.91 Å². The molecule has 132 valence electrons. The van der Waals surface area contributed by atoms with E-state index in [1.54, 1.807) is 11.3 Å². The topological polar surface area (TPSA) is 65.5 Å². The third kappa shape index (κ3) is 4.08. The molecule has 8 heteroatoms. The average molecular weight is 377 g/mol. The number of hydrogen-bond acceptors (Lipinski definition) is 6. The third-order valence-electron chi connectivity index (χ3n) is 4.42. The highest BCUT2D eigenvalue weighted by Crippen LogP contribution is 2.28. The highest BCUT2D eigenvalue weighted by Gasteiger charge is 2.27. The molecule has 2 aliphatic rings. The number of rotatable bonds is 5. The lowest BCUT2D eigenvalue weighted by atomic mass is 10.3. The van der Waals surface area contributed by atoms with Crippen LogP contribution < -0.4 is 5.32 Å². The maximum absolute atomic E-state index is 12.6. The van der Waals surface area contributed by atoms with Crippen molar-refractivity contribution in [3.63, 3.8) is 0 Å². The fourth-order valence-electron chi connectivity index (χ4n) is 2.86. The second-order valence-corrected chi connectivity index (χ2v) is 8.23. The molecule has 3 heterocycles. The number of carbonyl (C=O) groups excluding carboxylic acids is 2. The summed E-state index contributed by atoms with van der Waals surface area (Å²) in [4.78, 5) is 34.0. The van der Waals surface area contributed by atoms with Gasteiger partial charge in [-0.2, -0.15) is 0 Å². The van der Waals surface area contributed by atoms with E-state index in [0.29, 0.717) is 31.4 Å². The van der Waals surface area contributed by atoms with E-state index < -0.39 is 0 Å². The molecule has 1 saturated heterocycles. The summed E-state index contributed by atoms with van der Waals surface area (Å²) >= 11 is 3.14. The molecule has 0 atom stereocenters. The summed E-state index contributed by atoms with van der Waals surface area (Å²) in [5, 5.41) is 7.76. The van der Waals surface area contributed by atoms with Crippen molar-refractivity contribution in [1.82, 2.24) is 20.1 Å². The van der Waals surface area contributed by atoms with Crippen molar-refractivity contribution in [3.05, 3.63) is 28.6 Å². The Morgan fingerprint density at radius 3 is 2.68 bits per heavy atom. The van der Waals surface area contributed by atoms with E-state index in [-0.39, 0.29) is 11.8 Å². The lowest BCUT2D eigenvalue weighted by molar-refractivity contribution is -0.122. The molecule has 6 nitrogen and oxygen atoms in total. The van der Waals surface area contributed by atoms with Crippen molar-refractivity contribution < 1.29 is 9.59 Å². The minimum Gasteiger partial charge on any atom is -0.352 e. The van der Waals surface area contributed by atoms with Crippen LogP contribution in [-0.4, -0.2) is 65.4 Å². The van der Waals surface area contributed by atoms with E-state index in [2.05, 4.69) is 15.2 Å². The number of amides is 2. The van der Waals surface area contributed by atoms with Crippen molar-refractivity contribution in [2.45, 2.75) is 18.9 Å². The lowest BCUT2D eigenvalue weighted by Crippen LogP contribution is -2.51. The molecule has 0 radical (unpaired) electrons. The number of hydrogen-bond donors (Lipinski definition) is 1. The minimum atomic E-state index is -0.0128. The van der Waals surface area contributed by atoms with E-state index >= 15 is 0 Å². The Morgan fingerprint density at radius 2 is 2.00 bits per heavy atom. The van der Waals surface area contributed by atoms with Crippen LogP contribution in [-0.2, 0) is 4.79 Å². The summed E-state index contributed by atoms with van der Waals surface area (Å²) in [5.74, 6) is 0.0866.